The molecule has 1 fully saturated rings. The largest absolute Gasteiger partial charge is 0.497 e. The lowest BCUT2D eigenvalue weighted by Crippen LogP contribution is -2.48. The van der Waals surface area contributed by atoms with Crippen LogP contribution in [0.2, 0.25) is 0 Å². The van der Waals surface area contributed by atoms with Gasteiger partial charge in [0.25, 0.3) is 0 Å². The molecule has 5 nitrogen and oxygen atoms in total. The Balaban J connectivity index is 1.65. The molecule has 0 radical (unpaired) electrons. The van der Waals surface area contributed by atoms with Gasteiger partial charge in [-0.25, -0.2) is 8.78 Å². The number of nitrogens with zero attached hydrogens (tertiary/aromatic N) is 1. The minimum atomic E-state index is -0.603. The molecular weight excluding hydrogens is 426 g/mol. The van der Waals surface area contributed by atoms with Crippen LogP contribution in [-0.2, 0) is 16.1 Å². The van der Waals surface area contributed by atoms with Crippen LogP contribution < -0.4 is 15.0 Å². The molecule has 0 spiro atoms. The first kappa shape index (κ1) is 22.5. The van der Waals surface area contributed by atoms with Crippen molar-refractivity contribution >= 4 is 17.5 Å². The monoisotopic (exact) mass is 450 g/mol. The average Bonchev–Trinajstić information content (AvgIpc) is 2.84. The molecule has 0 aromatic heterocycles. The number of benzene rings is 3. The lowest BCUT2D eigenvalue weighted by atomic mass is 9.83. The van der Waals surface area contributed by atoms with Crippen LogP contribution in [0.4, 0.5) is 14.5 Å². The molecule has 2 atom stereocenters. The predicted octanol–water partition coefficient (Wildman–Crippen LogP) is 4.77. The van der Waals surface area contributed by atoms with Gasteiger partial charge in [0.15, 0.2) is 0 Å². The number of piperidine rings is 1. The van der Waals surface area contributed by atoms with Crippen LogP contribution in [0.5, 0.6) is 5.75 Å². The molecule has 170 valence electrons. The minimum Gasteiger partial charge on any atom is -0.497 e. The molecule has 7 heteroatoms. The van der Waals surface area contributed by atoms with Crippen molar-refractivity contribution in [2.45, 2.75) is 25.4 Å². The molecule has 33 heavy (non-hydrogen) atoms. The van der Waals surface area contributed by atoms with Crippen molar-refractivity contribution in [3.63, 3.8) is 0 Å². The zero-order valence-electron chi connectivity index (χ0n) is 18.1. The number of hydrogen-bond acceptors (Lipinski definition) is 3. The minimum absolute atomic E-state index is 0.114. The van der Waals surface area contributed by atoms with Crippen LogP contribution in [0.1, 0.15) is 30.0 Å². The number of hydrogen-bond donors (Lipinski definition) is 1. The second-order valence-electron chi connectivity index (χ2n) is 7.95. The summed E-state index contributed by atoms with van der Waals surface area (Å²) in [6.07, 6.45) is 0.571. The Morgan fingerprint density at radius 2 is 1.58 bits per heavy atom. The highest BCUT2D eigenvalue weighted by Gasteiger charge is 2.41. The predicted molar refractivity (Wildman–Crippen MR) is 121 cm³/mol. The number of ether oxygens (including phenoxy) is 1. The van der Waals surface area contributed by atoms with Gasteiger partial charge in [-0.3, -0.25) is 9.59 Å². The van der Waals surface area contributed by atoms with Crippen LogP contribution in [0.15, 0.2) is 72.8 Å². The summed E-state index contributed by atoms with van der Waals surface area (Å²) in [6.45, 7) is 0.238. The fourth-order valence-electron chi connectivity index (χ4n) is 4.18. The van der Waals surface area contributed by atoms with Gasteiger partial charge in [-0.1, -0.05) is 24.3 Å². The molecule has 0 aliphatic carbocycles. The molecule has 1 heterocycles. The first-order valence-electron chi connectivity index (χ1n) is 10.7. The molecule has 0 unspecified atom stereocenters. The molecule has 1 aliphatic heterocycles. The van der Waals surface area contributed by atoms with Crippen molar-refractivity contribution in [3.8, 4) is 5.75 Å². The number of rotatable bonds is 6. The summed E-state index contributed by atoms with van der Waals surface area (Å²) >= 11 is 0. The number of methoxy groups -OCH3 is 1. The summed E-state index contributed by atoms with van der Waals surface area (Å²) in [5.41, 5.74) is 2.07. The van der Waals surface area contributed by atoms with E-state index in [0.29, 0.717) is 23.4 Å². The summed E-state index contributed by atoms with van der Waals surface area (Å²) in [7, 11) is 1.56. The van der Waals surface area contributed by atoms with E-state index < -0.39 is 17.8 Å². The Morgan fingerprint density at radius 3 is 2.18 bits per heavy atom. The fourth-order valence-corrected chi connectivity index (χ4v) is 4.18. The van der Waals surface area contributed by atoms with Crippen LogP contribution in [-0.4, -0.2) is 18.9 Å². The molecule has 3 aromatic rings. The van der Waals surface area contributed by atoms with Crippen molar-refractivity contribution in [3.05, 3.63) is 95.6 Å². The van der Waals surface area contributed by atoms with Crippen molar-refractivity contribution in [1.29, 1.82) is 0 Å². The molecule has 0 bridgehead atoms. The third-order valence-electron chi connectivity index (χ3n) is 5.88. The van der Waals surface area contributed by atoms with E-state index in [2.05, 4.69) is 5.32 Å². The lowest BCUT2D eigenvalue weighted by Gasteiger charge is -2.41. The van der Waals surface area contributed by atoms with E-state index in [0.717, 1.165) is 5.56 Å². The summed E-state index contributed by atoms with van der Waals surface area (Å²) in [6, 6.07) is 18.2. The average molecular weight is 450 g/mol. The zero-order valence-corrected chi connectivity index (χ0v) is 18.1. The Morgan fingerprint density at radius 1 is 0.970 bits per heavy atom. The number of carbonyl (C=O) groups is 2. The zero-order chi connectivity index (χ0) is 23.4. The van der Waals surface area contributed by atoms with Crippen LogP contribution in [0, 0.1) is 17.6 Å². The third-order valence-corrected chi connectivity index (χ3v) is 5.88. The third kappa shape index (κ3) is 5.03. The molecular formula is C26H24F2N2O3. The summed E-state index contributed by atoms with van der Waals surface area (Å²) < 4.78 is 32.0. The van der Waals surface area contributed by atoms with Gasteiger partial charge in [0.1, 0.15) is 17.4 Å². The SMILES string of the molecule is COc1ccc(N2C(=O)CC[C@H](C(=O)NCc3ccc(F)cc3)[C@H]2c2ccc(F)cc2)cc1. The van der Waals surface area contributed by atoms with E-state index in [1.165, 1.54) is 24.3 Å². The fraction of sp³-hybridized carbons (Fsp3) is 0.231. The maximum Gasteiger partial charge on any atom is 0.227 e. The van der Waals surface area contributed by atoms with E-state index in [1.807, 2.05) is 0 Å². The topological polar surface area (TPSA) is 58.6 Å². The first-order chi connectivity index (χ1) is 16.0. The maximum atomic E-state index is 13.6. The molecule has 3 aromatic carbocycles. The van der Waals surface area contributed by atoms with Gasteiger partial charge < -0.3 is 15.0 Å². The highest BCUT2D eigenvalue weighted by atomic mass is 19.1. The highest BCUT2D eigenvalue weighted by Crippen LogP contribution is 2.40. The van der Waals surface area contributed by atoms with Crippen molar-refractivity contribution in [2.75, 3.05) is 12.0 Å². The maximum absolute atomic E-state index is 13.6. The van der Waals surface area contributed by atoms with Gasteiger partial charge in [0, 0.05) is 18.7 Å². The molecule has 1 N–H and O–H groups in total. The lowest BCUT2D eigenvalue weighted by molar-refractivity contribution is -0.129. The van der Waals surface area contributed by atoms with Gasteiger partial charge in [0.2, 0.25) is 11.8 Å². The normalized spacial score (nSPS) is 18.2. The molecule has 2 amide bonds. The second-order valence-corrected chi connectivity index (χ2v) is 7.95. The van der Waals surface area contributed by atoms with Crippen molar-refractivity contribution in [2.24, 2.45) is 5.92 Å². The number of halogens is 2. The van der Waals surface area contributed by atoms with Gasteiger partial charge in [-0.15, -0.1) is 0 Å². The first-order valence-corrected chi connectivity index (χ1v) is 10.7. The van der Waals surface area contributed by atoms with Gasteiger partial charge >= 0.3 is 0 Å². The van der Waals surface area contributed by atoms with E-state index in [1.54, 1.807) is 60.5 Å². The standard InChI is InChI=1S/C26H24F2N2O3/c1-33-22-12-10-21(11-13-22)30-24(31)15-14-23(25(30)18-4-8-20(28)9-5-18)26(32)29-16-17-2-6-19(27)7-3-17/h2-13,23,25H,14-16H2,1H3,(H,29,32)/t23-,25+/m0/s1. The number of carbonyl (C=O) groups excluding carboxylic acids is 2. The quantitative estimate of drug-likeness (QED) is 0.588. The van der Waals surface area contributed by atoms with E-state index in [9.17, 15) is 18.4 Å². The Hall–Kier alpha value is -3.74. The Bertz CT molecular complexity index is 1120. The number of amides is 2. The van der Waals surface area contributed by atoms with E-state index in [-0.39, 0.29) is 30.6 Å². The molecule has 1 saturated heterocycles. The van der Waals surface area contributed by atoms with E-state index >= 15 is 0 Å². The van der Waals surface area contributed by atoms with Gasteiger partial charge in [-0.05, 0) is 66.1 Å². The molecule has 1 aliphatic rings. The highest BCUT2D eigenvalue weighted by molar-refractivity contribution is 5.97. The van der Waals surface area contributed by atoms with E-state index in [4.69, 9.17) is 4.74 Å². The number of nitrogens with one attached hydrogen (secondary N) is 1. The van der Waals surface area contributed by atoms with Crippen LogP contribution in [0.3, 0.4) is 0 Å². The summed E-state index contributed by atoms with van der Waals surface area (Å²) in [5.74, 6) is -0.973. The smallest absolute Gasteiger partial charge is 0.227 e. The molecule has 4 rings (SSSR count). The Kier molecular flexibility index (Phi) is 6.68. The van der Waals surface area contributed by atoms with Gasteiger partial charge in [0.05, 0.1) is 19.1 Å². The molecule has 0 saturated carbocycles. The number of anilines is 1. The summed E-state index contributed by atoms with van der Waals surface area (Å²) in [4.78, 5) is 27.9. The van der Waals surface area contributed by atoms with Crippen LogP contribution in [0.25, 0.3) is 0 Å². The second kappa shape index (κ2) is 9.81. The van der Waals surface area contributed by atoms with Gasteiger partial charge in [-0.2, -0.15) is 0 Å². The Labute approximate surface area is 191 Å². The van der Waals surface area contributed by atoms with Crippen molar-refractivity contribution < 1.29 is 23.1 Å². The van der Waals surface area contributed by atoms with Crippen molar-refractivity contribution in [1.82, 2.24) is 5.32 Å². The summed E-state index contributed by atoms with van der Waals surface area (Å²) in [5, 5.41) is 2.91. The van der Waals surface area contributed by atoms with Crippen LogP contribution >= 0.6 is 0 Å².